The lowest BCUT2D eigenvalue weighted by atomic mass is 9.87. The number of nitrogens with one attached hydrogen (secondary N) is 2. The van der Waals surface area contributed by atoms with Crippen molar-refractivity contribution in [3.63, 3.8) is 0 Å². The van der Waals surface area contributed by atoms with Crippen molar-refractivity contribution in [1.29, 1.82) is 0 Å². The minimum Gasteiger partial charge on any atom is -0.465 e. The monoisotopic (exact) mass is 648 g/mol. The third kappa shape index (κ3) is 31.2. The number of thioether (sulfide) groups is 1. The van der Waals surface area contributed by atoms with E-state index in [9.17, 15) is 19.5 Å². The first kappa shape index (κ1) is 44.5. The minimum absolute atomic E-state index is 0.0722. The first-order chi connectivity index (χ1) is 21.7. The largest absolute Gasteiger partial charge is 0.465 e. The highest BCUT2D eigenvalue weighted by atomic mass is 32.2. The van der Waals surface area contributed by atoms with Crippen LogP contribution in [0.25, 0.3) is 0 Å². The molecule has 0 bridgehead atoms. The molecular formula is C37H64N2O5S. The van der Waals surface area contributed by atoms with Gasteiger partial charge in [-0.1, -0.05) is 115 Å². The number of hydrogen-bond donors (Lipinski definition) is 3. The van der Waals surface area contributed by atoms with Gasteiger partial charge < -0.3 is 20.5 Å². The van der Waals surface area contributed by atoms with Crippen LogP contribution in [0.3, 0.4) is 0 Å². The number of allylic oxidation sites excluding steroid dienone is 10. The predicted octanol–water partition coefficient (Wildman–Crippen LogP) is 8.02. The predicted molar refractivity (Wildman–Crippen MR) is 193 cm³/mol. The number of esters is 1. The van der Waals surface area contributed by atoms with E-state index in [1.165, 1.54) is 19.3 Å². The van der Waals surface area contributed by atoms with Crippen molar-refractivity contribution < 1.29 is 24.2 Å². The molecule has 45 heavy (non-hydrogen) atoms. The molecule has 2 amide bonds. The molecule has 8 heteroatoms. The van der Waals surface area contributed by atoms with Crippen molar-refractivity contribution in [3.8, 4) is 0 Å². The first-order valence-corrected chi connectivity index (χ1v) is 18.2. The highest BCUT2D eigenvalue weighted by Gasteiger charge is 2.34. The number of hydrogen-bond acceptors (Lipinski definition) is 6. The number of carbonyl (C=O) groups is 3. The molecule has 0 saturated carbocycles. The van der Waals surface area contributed by atoms with Crippen LogP contribution in [-0.2, 0) is 19.1 Å². The van der Waals surface area contributed by atoms with Crippen molar-refractivity contribution in [2.24, 2.45) is 5.41 Å². The summed E-state index contributed by atoms with van der Waals surface area (Å²) in [6, 6.07) is 0. The smallest absolute Gasteiger partial charge is 0.305 e. The Morgan fingerprint density at radius 2 is 1.29 bits per heavy atom. The number of unbranched alkanes of at least 4 members (excludes halogenated alkanes) is 3. The fourth-order valence-corrected chi connectivity index (χ4v) is 3.94. The molecule has 0 radical (unpaired) electrons. The molecule has 0 aliphatic carbocycles. The Morgan fingerprint density at radius 1 is 0.756 bits per heavy atom. The SMILES string of the molecule is CC/C=C\C/C=C\C/C=C\C/C=C\C/C=C\CCCC(=O)OCC(C)(C)[C@@H](O)C(=O)NCCC(=O)NCCSC.CCCCC. The van der Waals surface area contributed by atoms with E-state index in [0.29, 0.717) is 13.0 Å². The van der Waals surface area contributed by atoms with E-state index >= 15 is 0 Å². The molecule has 0 aromatic carbocycles. The third-order valence-electron chi connectivity index (χ3n) is 6.49. The van der Waals surface area contributed by atoms with Crippen molar-refractivity contribution in [2.45, 2.75) is 118 Å². The van der Waals surface area contributed by atoms with Gasteiger partial charge in [-0.05, 0) is 51.2 Å². The zero-order valence-corrected chi connectivity index (χ0v) is 30.0. The van der Waals surface area contributed by atoms with Gasteiger partial charge in [-0.25, -0.2) is 0 Å². The van der Waals surface area contributed by atoms with E-state index in [1.54, 1.807) is 25.6 Å². The molecule has 0 rings (SSSR count). The fourth-order valence-electron chi connectivity index (χ4n) is 3.64. The van der Waals surface area contributed by atoms with Crippen molar-refractivity contribution in [1.82, 2.24) is 10.6 Å². The van der Waals surface area contributed by atoms with Crippen LogP contribution in [0, 0.1) is 5.41 Å². The van der Waals surface area contributed by atoms with Crippen molar-refractivity contribution >= 4 is 29.5 Å². The Morgan fingerprint density at radius 3 is 1.78 bits per heavy atom. The van der Waals surface area contributed by atoms with Crippen LogP contribution in [0.4, 0.5) is 0 Å². The molecule has 0 aromatic rings. The normalized spacial score (nSPS) is 12.7. The van der Waals surface area contributed by atoms with Crippen molar-refractivity contribution in [3.05, 3.63) is 60.8 Å². The molecular weight excluding hydrogens is 584 g/mol. The lowest BCUT2D eigenvalue weighted by Gasteiger charge is -2.29. The van der Waals surface area contributed by atoms with Gasteiger partial charge in [-0.15, -0.1) is 0 Å². The van der Waals surface area contributed by atoms with Crippen LogP contribution in [0.2, 0.25) is 0 Å². The van der Waals surface area contributed by atoms with Crippen LogP contribution in [0.1, 0.15) is 112 Å². The number of carbonyl (C=O) groups excluding carboxylic acids is 3. The average Bonchev–Trinajstić information content (AvgIpc) is 3.02. The fraction of sp³-hybridized carbons (Fsp3) is 0.649. The van der Waals surface area contributed by atoms with Crippen LogP contribution < -0.4 is 10.6 Å². The van der Waals surface area contributed by atoms with Crippen LogP contribution in [0.15, 0.2) is 60.8 Å². The van der Waals surface area contributed by atoms with Gasteiger partial charge in [0.25, 0.3) is 0 Å². The zero-order chi connectivity index (χ0) is 34.0. The highest BCUT2D eigenvalue weighted by Crippen LogP contribution is 2.22. The van der Waals surface area contributed by atoms with Crippen LogP contribution in [-0.4, -0.2) is 60.7 Å². The molecule has 0 aromatic heterocycles. The Hall–Kier alpha value is -2.58. The maximum atomic E-state index is 12.3. The quantitative estimate of drug-likeness (QED) is 0.0526. The second-order valence-electron chi connectivity index (χ2n) is 11.4. The summed E-state index contributed by atoms with van der Waals surface area (Å²) in [7, 11) is 0. The Balaban J connectivity index is 0. The molecule has 0 spiro atoms. The van der Waals surface area contributed by atoms with E-state index in [1.807, 2.05) is 6.26 Å². The van der Waals surface area contributed by atoms with E-state index in [-0.39, 0.29) is 37.9 Å². The zero-order valence-electron chi connectivity index (χ0n) is 29.2. The molecule has 7 nitrogen and oxygen atoms in total. The Kier molecular flexibility index (Phi) is 32.5. The number of amides is 2. The molecule has 0 saturated heterocycles. The van der Waals surface area contributed by atoms with Gasteiger partial charge in [0.05, 0.1) is 6.61 Å². The summed E-state index contributed by atoms with van der Waals surface area (Å²) >= 11 is 1.64. The molecule has 1 atom stereocenters. The Bertz CT molecular complexity index is 891. The summed E-state index contributed by atoms with van der Waals surface area (Å²) in [5.74, 6) is -0.263. The summed E-state index contributed by atoms with van der Waals surface area (Å²) in [4.78, 5) is 36.1. The van der Waals surface area contributed by atoms with Gasteiger partial charge in [-0.3, -0.25) is 14.4 Å². The number of aliphatic hydroxyl groups excluding tert-OH is 1. The summed E-state index contributed by atoms with van der Waals surface area (Å²) in [5.41, 5.74) is -0.954. The second kappa shape index (κ2) is 32.8. The number of rotatable bonds is 25. The van der Waals surface area contributed by atoms with Gasteiger partial charge >= 0.3 is 5.97 Å². The highest BCUT2D eigenvalue weighted by molar-refractivity contribution is 7.98. The number of ether oxygens (including phenoxy) is 1. The lowest BCUT2D eigenvalue weighted by molar-refractivity contribution is -0.153. The van der Waals surface area contributed by atoms with Crippen molar-refractivity contribution in [2.75, 3.05) is 31.7 Å². The molecule has 0 aliphatic heterocycles. The minimum atomic E-state index is -1.36. The molecule has 0 aliphatic rings. The van der Waals surface area contributed by atoms with Gasteiger partial charge in [0.2, 0.25) is 11.8 Å². The third-order valence-corrected chi connectivity index (χ3v) is 7.10. The van der Waals surface area contributed by atoms with Gasteiger partial charge in [0.1, 0.15) is 6.10 Å². The van der Waals surface area contributed by atoms with Gasteiger partial charge in [0.15, 0.2) is 0 Å². The molecule has 0 fully saturated rings. The lowest BCUT2D eigenvalue weighted by Crippen LogP contribution is -2.47. The van der Waals surface area contributed by atoms with E-state index < -0.39 is 17.4 Å². The van der Waals surface area contributed by atoms with E-state index in [2.05, 4.69) is 92.2 Å². The molecule has 3 N–H and O–H groups in total. The average molecular weight is 649 g/mol. The molecule has 0 unspecified atom stereocenters. The second-order valence-corrected chi connectivity index (χ2v) is 12.4. The van der Waals surface area contributed by atoms with Gasteiger partial charge in [-0.2, -0.15) is 11.8 Å². The topological polar surface area (TPSA) is 105 Å². The summed E-state index contributed by atoms with van der Waals surface area (Å²) in [6.45, 7) is 10.5. The summed E-state index contributed by atoms with van der Waals surface area (Å²) < 4.78 is 5.31. The van der Waals surface area contributed by atoms with Gasteiger partial charge in [0, 0.05) is 37.1 Å². The molecule has 0 heterocycles. The summed E-state index contributed by atoms with van der Waals surface area (Å²) in [6.07, 6.45) is 32.9. The first-order valence-electron chi connectivity index (χ1n) is 16.8. The maximum Gasteiger partial charge on any atom is 0.305 e. The molecule has 258 valence electrons. The number of aliphatic hydroxyl groups is 1. The van der Waals surface area contributed by atoms with E-state index in [4.69, 9.17) is 4.74 Å². The standard InChI is InChI=1S/C32H52N2O5S.C5H12/c1-5-6-7-8-9-10-11-12-13-14-15-16-17-18-19-20-21-22-29(36)39-27-32(2,3)30(37)31(38)34-24-23-28(35)33-25-26-40-4;1-3-5-4-2/h6-7,9-10,12-13,15-16,18-19,30,37H,5,8,11,14,17,20-27H2,1-4H3,(H,33,35)(H,34,38);3-5H2,1-2H3/b7-6-,10-9-,13-12-,16-15-,19-18-;/t30-;/m0./s1. The summed E-state index contributed by atoms with van der Waals surface area (Å²) in [5, 5.41) is 15.7. The maximum absolute atomic E-state index is 12.3. The van der Waals surface area contributed by atoms with E-state index in [0.717, 1.165) is 44.3 Å². The van der Waals surface area contributed by atoms with Crippen LogP contribution in [0.5, 0.6) is 0 Å². The Labute approximate surface area is 279 Å². The van der Waals surface area contributed by atoms with Crippen LogP contribution >= 0.6 is 11.8 Å².